The van der Waals surface area contributed by atoms with Gasteiger partial charge in [0.05, 0.1) is 17.7 Å². The molecule has 0 saturated heterocycles. The van der Waals surface area contributed by atoms with Gasteiger partial charge in [-0.3, -0.25) is 9.56 Å². The number of carbonyl (C=O) groups is 1. The number of carboxylic acid groups (broad SMARTS) is 1. The van der Waals surface area contributed by atoms with Gasteiger partial charge in [0.15, 0.2) is 3.95 Å². The minimum Gasteiger partial charge on any atom is -0.497 e. The molecule has 2 heterocycles. The first-order valence-electron chi connectivity index (χ1n) is 8.06. The highest BCUT2D eigenvalue weighted by Crippen LogP contribution is 2.38. The number of benzene rings is 1. The van der Waals surface area contributed by atoms with Crippen LogP contribution in [0.3, 0.4) is 0 Å². The molecular formula is C18H18N2O4S3. The number of hydrogen-bond acceptors (Lipinski definition) is 7. The van der Waals surface area contributed by atoms with E-state index >= 15 is 0 Å². The van der Waals surface area contributed by atoms with E-state index in [-0.39, 0.29) is 5.88 Å². The monoisotopic (exact) mass is 422 g/mol. The number of ether oxygens (including phenoxy) is 1. The van der Waals surface area contributed by atoms with Gasteiger partial charge in [-0.25, -0.2) is 4.79 Å². The molecule has 6 nitrogen and oxygen atoms in total. The van der Waals surface area contributed by atoms with E-state index in [0.29, 0.717) is 21.0 Å². The largest absolute Gasteiger partial charge is 0.497 e. The Labute approximate surface area is 169 Å². The van der Waals surface area contributed by atoms with Crippen LogP contribution in [0.15, 0.2) is 23.2 Å². The summed E-state index contributed by atoms with van der Waals surface area (Å²) in [6, 6.07) is 4.69. The Morgan fingerprint density at radius 3 is 2.96 bits per heavy atom. The lowest BCUT2D eigenvalue weighted by Crippen LogP contribution is -2.19. The number of aromatic nitrogens is 1. The van der Waals surface area contributed by atoms with E-state index in [0.717, 1.165) is 22.6 Å². The molecule has 27 heavy (non-hydrogen) atoms. The summed E-state index contributed by atoms with van der Waals surface area (Å²) in [7, 11) is 1.60. The van der Waals surface area contributed by atoms with Gasteiger partial charge in [0.2, 0.25) is 5.88 Å². The molecule has 9 heteroatoms. The second-order valence-corrected chi connectivity index (χ2v) is 8.46. The lowest BCUT2D eigenvalue weighted by molar-refractivity contribution is -0.141. The molecule has 3 rings (SSSR count). The first-order chi connectivity index (χ1) is 13.0. The van der Waals surface area contributed by atoms with Crippen LogP contribution in [0.25, 0.3) is 11.6 Å². The van der Waals surface area contributed by atoms with Crippen LogP contribution in [-0.2, 0) is 4.79 Å². The Bertz CT molecular complexity index is 991. The third-order valence-electron chi connectivity index (χ3n) is 4.18. The zero-order valence-corrected chi connectivity index (χ0v) is 17.2. The number of rotatable bonds is 7. The van der Waals surface area contributed by atoms with Gasteiger partial charge in [-0.05, 0) is 48.9 Å². The predicted molar refractivity (Wildman–Crippen MR) is 113 cm³/mol. The Morgan fingerprint density at radius 1 is 1.52 bits per heavy atom. The van der Waals surface area contributed by atoms with Crippen molar-refractivity contribution in [1.82, 2.24) is 4.57 Å². The molecule has 142 valence electrons. The number of methoxy groups -OCH3 is 1. The first-order valence-corrected chi connectivity index (χ1v) is 10.7. The van der Waals surface area contributed by atoms with Crippen molar-refractivity contribution in [3.63, 3.8) is 0 Å². The highest BCUT2D eigenvalue weighted by Gasteiger charge is 2.25. The minimum absolute atomic E-state index is 0.124. The van der Waals surface area contributed by atoms with Crippen LogP contribution in [-0.4, -0.2) is 46.1 Å². The summed E-state index contributed by atoms with van der Waals surface area (Å²) in [5.41, 5.74) is 2.52. The summed E-state index contributed by atoms with van der Waals surface area (Å²) >= 11 is 8.07. The van der Waals surface area contributed by atoms with Gasteiger partial charge in [-0.2, -0.15) is 11.8 Å². The smallest absolute Gasteiger partial charge is 0.326 e. The van der Waals surface area contributed by atoms with E-state index in [2.05, 4.69) is 4.99 Å². The van der Waals surface area contributed by atoms with Gasteiger partial charge in [0, 0.05) is 23.4 Å². The standard InChI is InChI=1S/C18H18N2O4S3/c1-24-11-3-4-12-10(9-19-13(12)8-11)7-15-16(21)20(18(25)27-15)14(17(22)23)5-6-26-2/h3-4,7-9,14,21H,5-6H2,1-2H3,(H,22,23)/t14-/m1/s1. The number of aromatic hydroxyl groups is 1. The number of hydrogen-bond donors (Lipinski definition) is 2. The number of aliphatic carboxylic acids is 1. The van der Waals surface area contributed by atoms with Gasteiger partial charge in [-0.15, -0.1) is 11.3 Å². The molecule has 2 N–H and O–H groups in total. The zero-order chi connectivity index (χ0) is 19.6. The number of fused-ring (bicyclic) bond motifs is 1. The quantitative estimate of drug-likeness (QED) is 0.633. The number of allylic oxidation sites excluding steroid dienone is 1. The lowest BCUT2D eigenvalue weighted by Gasteiger charge is -2.14. The van der Waals surface area contributed by atoms with Crippen LogP contribution in [0.4, 0.5) is 5.69 Å². The average molecular weight is 423 g/mol. The maximum absolute atomic E-state index is 11.7. The summed E-state index contributed by atoms with van der Waals surface area (Å²) in [6.45, 7) is 0. The van der Waals surface area contributed by atoms with Crippen LogP contribution in [0.5, 0.6) is 11.6 Å². The van der Waals surface area contributed by atoms with Crippen molar-refractivity contribution < 1.29 is 19.7 Å². The van der Waals surface area contributed by atoms with E-state index < -0.39 is 12.0 Å². The first kappa shape index (κ1) is 19.7. The molecule has 0 bridgehead atoms. The molecule has 1 aliphatic heterocycles. The number of thiazole rings is 1. The summed E-state index contributed by atoms with van der Waals surface area (Å²) in [6.07, 6.45) is 5.78. The fraction of sp³-hybridized carbons (Fsp3) is 0.278. The van der Waals surface area contributed by atoms with Gasteiger partial charge < -0.3 is 14.9 Å². The van der Waals surface area contributed by atoms with E-state index in [4.69, 9.17) is 17.0 Å². The van der Waals surface area contributed by atoms with Crippen LogP contribution in [0, 0.1) is 3.95 Å². The van der Waals surface area contributed by atoms with Crippen molar-refractivity contribution in [3.8, 4) is 11.6 Å². The molecule has 0 radical (unpaired) electrons. The van der Waals surface area contributed by atoms with Gasteiger partial charge in [-0.1, -0.05) is 0 Å². The van der Waals surface area contributed by atoms with Gasteiger partial charge in [0.1, 0.15) is 11.8 Å². The maximum Gasteiger partial charge on any atom is 0.326 e. The summed E-state index contributed by atoms with van der Waals surface area (Å²) in [5.74, 6) is 0.246. The van der Waals surface area contributed by atoms with Crippen LogP contribution in [0.2, 0.25) is 0 Å². The van der Waals surface area contributed by atoms with Crippen molar-refractivity contribution in [2.24, 2.45) is 4.99 Å². The average Bonchev–Trinajstić information content (AvgIpc) is 3.17. The van der Waals surface area contributed by atoms with Gasteiger partial charge >= 0.3 is 5.97 Å². The molecule has 0 spiro atoms. The van der Waals surface area contributed by atoms with E-state index in [9.17, 15) is 15.0 Å². The summed E-state index contributed by atoms with van der Waals surface area (Å²) in [4.78, 5) is 16.5. The van der Waals surface area contributed by atoms with Crippen molar-refractivity contribution in [3.05, 3.63) is 32.6 Å². The van der Waals surface area contributed by atoms with E-state index in [1.807, 2.05) is 24.5 Å². The van der Waals surface area contributed by atoms with Gasteiger partial charge in [0.25, 0.3) is 0 Å². The van der Waals surface area contributed by atoms with E-state index in [1.54, 1.807) is 31.2 Å². The molecule has 1 aromatic heterocycles. The SMILES string of the molecule is COc1ccc2c(c1)N=CC2=Cc1sc(=S)n([C@H](CCSC)C(=O)O)c1O. The highest BCUT2D eigenvalue weighted by atomic mass is 32.2. The number of nitrogens with zero attached hydrogens (tertiary/aromatic N) is 2. The minimum atomic E-state index is -1.01. The van der Waals surface area contributed by atoms with Crippen LogP contribution in [0.1, 0.15) is 22.9 Å². The lowest BCUT2D eigenvalue weighted by atomic mass is 10.1. The Kier molecular flexibility index (Phi) is 6.03. The number of thioether (sulfide) groups is 1. The molecule has 1 aromatic carbocycles. The molecule has 0 amide bonds. The maximum atomic E-state index is 11.7. The molecule has 0 fully saturated rings. The highest BCUT2D eigenvalue weighted by molar-refractivity contribution is 7.98. The predicted octanol–water partition coefficient (Wildman–Crippen LogP) is 4.63. The molecule has 0 aliphatic carbocycles. The molecule has 1 atom stereocenters. The molecule has 2 aromatic rings. The Hall–Kier alpha value is -2.10. The van der Waals surface area contributed by atoms with Crippen molar-refractivity contribution >= 4 is 64.8 Å². The molecule has 0 unspecified atom stereocenters. The third kappa shape index (κ3) is 3.95. The van der Waals surface area contributed by atoms with E-state index in [1.165, 1.54) is 15.9 Å². The summed E-state index contributed by atoms with van der Waals surface area (Å²) in [5, 5.41) is 20.2. The van der Waals surface area contributed by atoms with Crippen LogP contribution >= 0.6 is 35.3 Å². The van der Waals surface area contributed by atoms with Crippen LogP contribution < -0.4 is 4.74 Å². The topological polar surface area (TPSA) is 84.1 Å². The normalized spacial score (nSPS) is 15.1. The molecular weight excluding hydrogens is 404 g/mol. The second kappa shape index (κ2) is 8.28. The van der Waals surface area contributed by atoms with Crippen molar-refractivity contribution in [2.75, 3.05) is 19.1 Å². The zero-order valence-electron chi connectivity index (χ0n) is 14.7. The Balaban J connectivity index is 1.99. The van der Waals surface area contributed by atoms with Crippen molar-refractivity contribution in [2.45, 2.75) is 12.5 Å². The fourth-order valence-corrected chi connectivity index (χ4v) is 4.63. The fourth-order valence-electron chi connectivity index (χ4n) is 2.81. The number of aliphatic imine (C=N–C) groups is 1. The number of carboxylic acids is 1. The molecule has 1 aliphatic rings. The van der Waals surface area contributed by atoms with Crippen molar-refractivity contribution in [1.29, 1.82) is 0 Å². The third-order valence-corrected chi connectivity index (χ3v) is 6.16. The molecule has 0 saturated carbocycles. The summed E-state index contributed by atoms with van der Waals surface area (Å²) < 4.78 is 6.86. The second-order valence-electron chi connectivity index (χ2n) is 5.80. The Morgan fingerprint density at radius 2 is 2.30 bits per heavy atom.